The Bertz CT molecular complexity index is 323. The highest BCUT2D eigenvalue weighted by Gasteiger charge is 2.11. The van der Waals surface area contributed by atoms with Gasteiger partial charge in [-0.2, -0.15) is 0 Å². The summed E-state index contributed by atoms with van der Waals surface area (Å²) >= 11 is 0. The Hall–Kier alpha value is -1.45. The molecule has 0 aromatic heterocycles. The van der Waals surface area contributed by atoms with E-state index in [0.717, 1.165) is 5.46 Å². The van der Waals surface area contributed by atoms with E-state index < -0.39 is 5.97 Å². The zero-order chi connectivity index (χ0) is 9.84. The Morgan fingerprint density at radius 3 is 2.77 bits per heavy atom. The number of ether oxygens (including phenoxy) is 1. The van der Waals surface area contributed by atoms with Crippen LogP contribution in [-0.4, -0.2) is 25.5 Å². The molecule has 0 aliphatic rings. The molecule has 67 valence electrons. The van der Waals surface area contributed by atoms with Crippen LogP contribution in [0.25, 0.3) is 0 Å². The predicted octanol–water partition coefficient (Wildman–Crippen LogP) is 0.556. The van der Waals surface area contributed by atoms with E-state index in [0.29, 0.717) is 0 Å². The van der Waals surface area contributed by atoms with Gasteiger partial charge < -0.3 is 9.84 Å². The molecular formula is C9H10BO3. The molecular weight excluding hydrogens is 167 g/mol. The van der Waals surface area contributed by atoms with Crippen LogP contribution < -0.4 is 5.46 Å². The first-order valence-corrected chi connectivity index (χ1v) is 3.89. The number of carbonyl (C=O) groups excluding carboxylic acids is 1. The molecule has 0 amide bonds. The number of benzene rings is 1. The lowest BCUT2D eigenvalue weighted by Crippen LogP contribution is -2.13. The summed E-state index contributed by atoms with van der Waals surface area (Å²) in [6.07, 6.45) is 0. The first-order valence-electron chi connectivity index (χ1n) is 3.89. The van der Waals surface area contributed by atoms with Gasteiger partial charge in [-0.1, -0.05) is 24.4 Å². The van der Waals surface area contributed by atoms with Gasteiger partial charge >= 0.3 is 5.97 Å². The molecule has 1 radical (unpaired) electrons. The van der Waals surface area contributed by atoms with E-state index in [2.05, 4.69) is 4.74 Å². The molecule has 4 heteroatoms. The summed E-state index contributed by atoms with van der Waals surface area (Å²) in [5.41, 5.74) is 1.07. The Labute approximate surface area is 77.6 Å². The van der Waals surface area contributed by atoms with Gasteiger partial charge in [0.25, 0.3) is 0 Å². The van der Waals surface area contributed by atoms with Crippen LogP contribution in [0.1, 0.15) is 10.4 Å². The highest BCUT2D eigenvalue weighted by molar-refractivity contribution is 6.52. The van der Waals surface area contributed by atoms with Crippen molar-refractivity contribution in [2.45, 2.75) is 6.82 Å². The number of esters is 1. The number of methoxy groups -OCH3 is 1. The molecule has 0 saturated carbocycles. The van der Waals surface area contributed by atoms with Crippen molar-refractivity contribution in [3.63, 3.8) is 0 Å². The minimum atomic E-state index is -0.527. The number of phenolic OH excluding ortho intramolecular Hbond substituents is 1. The topological polar surface area (TPSA) is 46.5 Å². The van der Waals surface area contributed by atoms with Gasteiger partial charge in [-0.05, 0) is 6.07 Å². The number of carbonyl (C=O) groups is 1. The predicted molar refractivity (Wildman–Crippen MR) is 50.7 cm³/mol. The highest BCUT2D eigenvalue weighted by Crippen LogP contribution is 2.14. The zero-order valence-electron chi connectivity index (χ0n) is 7.57. The molecule has 0 atom stereocenters. The van der Waals surface area contributed by atoms with E-state index in [4.69, 9.17) is 0 Å². The third-order valence-electron chi connectivity index (χ3n) is 1.76. The fourth-order valence-electron chi connectivity index (χ4n) is 1.01. The molecule has 0 heterocycles. The van der Waals surface area contributed by atoms with Gasteiger partial charge in [-0.3, -0.25) is 0 Å². The maximum absolute atomic E-state index is 11.1. The number of rotatable bonds is 2. The van der Waals surface area contributed by atoms with Gasteiger partial charge in [0.05, 0.1) is 7.11 Å². The summed E-state index contributed by atoms with van der Waals surface area (Å²) in [5.74, 6) is -0.585. The second kappa shape index (κ2) is 3.98. The van der Waals surface area contributed by atoms with E-state index in [1.54, 1.807) is 12.1 Å². The lowest BCUT2D eigenvalue weighted by atomic mass is 9.73. The molecule has 0 aliphatic heterocycles. The molecule has 0 unspecified atom stereocenters. The smallest absolute Gasteiger partial charge is 0.341 e. The maximum Gasteiger partial charge on any atom is 0.341 e. The second-order valence-corrected chi connectivity index (χ2v) is 2.56. The van der Waals surface area contributed by atoms with Gasteiger partial charge in [-0.15, -0.1) is 0 Å². The quantitative estimate of drug-likeness (QED) is 0.530. The maximum atomic E-state index is 11.1. The first kappa shape index (κ1) is 9.64. The average molecular weight is 177 g/mol. The van der Waals surface area contributed by atoms with E-state index in [-0.39, 0.29) is 11.3 Å². The van der Waals surface area contributed by atoms with E-state index in [9.17, 15) is 9.90 Å². The summed E-state index contributed by atoms with van der Waals surface area (Å²) in [4.78, 5) is 11.1. The van der Waals surface area contributed by atoms with E-state index >= 15 is 0 Å². The Morgan fingerprint density at radius 2 is 2.23 bits per heavy atom. The molecule has 13 heavy (non-hydrogen) atoms. The SMILES string of the molecule is C[B]c1ccc(O)c(C(=O)OC)c1. The van der Waals surface area contributed by atoms with Crippen LogP contribution in [0.5, 0.6) is 5.75 Å². The third-order valence-corrected chi connectivity index (χ3v) is 1.76. The molecule has 0 saturated heterocycles. The van der Waals surface area contributed by atoms with Crippen LogP contribution in [0.4, 0.5) is 0 Å². The van der Waals surface area contributed by atoms with E-state index in [1.165, 1.54) is 13.2 Å². The molecule has 0 bridgehead atoms. The number of hydrogen-bond acceptors (Lipinski definition) is 3. The minimum absolute atomic E-state index is 0.0579. The second-order valence-electron chi connectivity index (χ2n) is 2.56. The summed E-state index contributed by atoms with van der Waals surface area (Å²) < 4.78 is 4.50. The Balaban J connectivity index is 3.11. The molecule has 0 aliphatic carbocycles. The number of phenols is 1. The molecule has 1 aromatic carbocycles. The summed E-state index contributed by atoms with van der Waals surface area (Å²) in [6, 6.07) is 4.78. The van der Waals surface area contributed by atoms with Gasteiger partial charge in [0.1, 0.15) is 18.6 Å². The Kier molecular flexibility index (Phi) is 2.95. The largest absolute Gasteiger partial charge is 0.507 e. The normalized spacial score (nSPS) is 9.38. The van der Waals surface area contributed by atoms with Crippen molar-refractivity contribution >= 4 is 18.7 Å². The Morgan fingerprint density at radius 1 is 1.54 bits per heavy atom. The van der Waals surface area contributed by atoms with Crippen LogP contribution in [-0.2, 0) is 4.74 Å². The lowest BCUT2D eigenvalue weighted by Gasteiger charge is -2.03. The van der Waals surface area contributed by atoms with Gasteiger partial charge in [-0.25, -0.2) is 4.79 Å². The van der Waals surface area contributed by atoms with Crippen molar-refractivity contribution < 1.29 is 14.6 Å². The fraction of sp³-hybridized carbons (Fsp3) is 0.222. The molecule has 3 nitrogen and oxygen atoms in total. The highest BCUT2D eigenvalue weighted by atomic mass is 16.5. The van der Waals surface area contributed by atoms with Crippen molar-refractivity contribution in [1.82, 2.24) is 0 Å². The molecule has 0 spiro atoms. The van der Waals surface area contributed by atoms with Gasteiger partial charge in [0, 0.05) is 0 Å². The van der Waals surface area contributed by atoms with Crippen molar-refractivity contribution in [2.75, 3.05) is 7.11 Å². The van der Waals surface area contributed by atoms with Crippen LogP contribution >= 0.6 is 0 Å². The van der Waals surface area contributed by atoms with Crippen LogP contribution in [0.2, 0.25) is 6.82 Å². The molecule has 1 aromatic rings. The fourth-order valence-corrected chi connectivity index (χ4v) is 1.01. The van der Waals surface area contributed by atoms with Gasteiger partial charge in [0.15, 0.2) is 0 Å². The first-order chi connectivity index (χ1) is 6.19. The number of hydrogen-bond donors (Lipinski definition) is 1. The summed E-state index contributed by atoms with van der Waals surface area (Å²) in [6.45, 7) is 1.85. The zero-order valence-corrected chi connectivity index (χ0v) is 7.57. The standard InChI is InChI=1S/C9H10BO3/c1-10-6-3-4-8(11)7(5-6)9(12)13-2/h3-5,11H,1-2H3. The molecule has 1 N–H and O–H groups in total. The van der Waals surface area contributed by atoms with Crippen LogP contribution in [0, 0.1) is 0 Å². The molecule has 1 rings (SSSR count). The summed E-state index contributed by atoms with van der Waals surface area (Å²) in [7, 11) is 3.12. The lowest BCUT2D eigenvalue weighted by molar-refractivity contribution is 0.0597. The van der Waals surface area contributed by atoms with Crippen molar-refractivity contribution in [1.29, 1.82) is 0 Å². The van der Waals surface area contributed by atoms with Gasteiger partial charge in [0.2, 0.25) is 0 Å². The minimum Gasteiger partial charge on any atom is -0.507 e. The van der Waals surface area contributed by atoms with Crippen LogP contribution in [0.3, 0.4) is 0 Å². The molecule has 0 fully saturated rings. The average Bonchev–Trinajstić information content (AvgIpc) is 2.17. The summed E-state index contributed by atoms with van der Waals surface area (Å²) in [5, 5.41) is 9.32. The monoisotopic (exact) mass is 177 g/mol. The van der Waals surface area contributed by atoms with Crippen LogP contribution in [0.15, 0.2) is 18.2 Å². The third kappa shape index (κ3) is 2.02. The van der Waals surface area contributed by atoms with Crippen molar-refractivity contribution in [3.05, 3.63) is 23.8 Å². The van der Waals surface area contributed by atoms with E-state index in [1.807, 2.05) is 14.1 Å². The van der Waals surface area contributed by atoms with Crippen molar-refractivity contribution in [3.8, 4) is 5.75 Å². The number of aromatic hydroxyl groups is 1. The van der Waals surface area contributed by atoms with Crippen molar-refractivity contribution in [2.24, 2.45) is 0 Å².